The molecular weight excluding hydrogens is 466 g/mol. The molecule has 0 atom stereocenters. The molecule has 1 aromatic heterocycles. The number of anilines is 1. The van der Waals surface area contributed by atoms with Gasteiger partial charge in [-0.1, -0.05) is 53.8 Å². The Morgan fingerprint density at radius 2 is 1.83 bits per heavy atom. The summed E-state index contributed by atoms with van der Waals surface area (Å²) in [5.41, 5.74) is 2.11. The summed E-state index contributed by atoms with van der Waals surface area (Å²) in [4.78, 5) is 17.3. The minimum atomic E-state index is -0.456. The number of nitro benzene ring substituents is 1. The van der Waals surface area contributed by atoms with Crippen LogP contribution in [0.5, 0.6) is 0 Å². The summed E-state index contributed by atoms with van der Waals surface area (Å²) in [7, 11) is 0. The largest absolute Gasteiger partial charge is 0.341 e. The summed E-state index contributed by atoms with van der Waals surface area (Å²) in [5.74, 6) is 0. The molecule has 7 nitrogen and oxygen atoms in total. The fraction of sp³-hybridized carbons (Fsp3) is 0.0952. The molecular formula is C21H18BrN5O2S. The summed E-state index contributed by atoms with van der Waals surface area (Å²) in [5, 5.41) is 21.1. The molecule has 0 aliphatic heterocycles. The Morgan fingerprint density at radius 1 is 1.13 bits per heavy atom. The summed E-state index contributed by atoms with van der Waals surface area (Å²) in [6.45, 7) is 8.86. The molecule has 9 heteroatoms. The molecule has 0 spiro atoms. The van der Waals surface area contributed by atoms with Gasteiger partial charge in [-0.3, -0.25) is 10.1 Å². The first-order valence-electron chi connectivity index (χ1n) is 8.92. The number of hydrogen-bond donors (Lipinski definition) is 0. The molecule has 3 rings (SSSR count). The zero-order valence-corrected chi connectivity index (χ0v) is 18.3. The number of thiazole rings is 1. The number of non-ortho nitro benzene ring substituents is 1. The van der Waals surface area contributed by atoms with Gasteiger partial charge < -0.3 is 4.90 Å². The van der Waals surface area contributed by atoms with Crippen LogP contribution in [0.25, 0.3) is 11.3 Å². The molecule has 0 aliphatic rings. The molecule has 0 N–H and O–H groups in total. The maximum atomic E-state index is 10.9. The Balaban J connectivity index is 2.02. The average molecular weight is 484 g/mol. The van der Waals surface area contributed by atoms with Crippen LogP contribution in [0.3, 0.4) is 0 Å². The Morgan fingerprint density at radius 3 is 2.43 bits per heavy atom. The van der Waals surface area contributed by atoms with Gasteiger partial charge in [0.25, 0.3) is 5.69 Å². The first-order valence-corrected chi connectivity index (χ1v) is 10.5. The topological polar surface area (TPSA) is 84.0 Å². The molecule has 0 bridgehead atoms. The first-order chi connectivity index (χ1) is 14.5. The summed E-state index contributed by atoms with van der Waals surface area (Å²) in [6, 6.07) is 14.1. The van der Waals surface area contributed by atoms with E-state index in [1.54, 1.807) is 6.07 Å². The molecule has 2 aromatic carbocycles. The van der Waals surface area contributed by atoms with Crippen LogP contribution in [0.1, 0.15) is 0 Å². The van der Waals surface area contributed by atoms with Crippen molar-refractivity contribution in [2.45, 2.75) is 0 Å². The van der Waals surface area contributed by atoms with Crippen LogP contribution >= 0.6 is 27.3 Å². The number of halogens is 1. The van der Waals surface area contributed by atoms with Gasteiger partial charge in [-0.15, -0.1) is 23.4 Å². The fourth-order valence-corrected chi connectivity index (χ4v) is 4.00. The SMILES string of the molecule is C=CCN(CC=C)c1nc(-c2ccccc2)c(N=Nc2ccc([N+](=O)[O-])cc2Br)s1. The Hall–Kier alpha value is -3.17. The zero-order valence-electron chi connectivity index (χ0n) is 15.9. The summed E-state index contributed by atoms with van der Waals surface area (Å²) in [6.07, 6.45) is 3.62. The van der Waals surface area contributed by atoms with Gasteiger partial charge >= 0.3 is 0 Å². The zero-order chi connectivity index (χ0) is 21.5. The standard InChI is InChI=1S/C21H18BrN5O2S/c1-3-12-26(13-4-2)21-23-19(15-8-6-5-7-9-15)20(30-21)25-24-18-11-10-16(27(28)29)14-17(18)22/h3-11,14H,1-2,12-13H2. The monoisotopic (exact) mass is 483 g/mol. The molecule has 0 fully saturated rings. The van der Waals surface area contributed by atoms with Crippen LogP contribution in [0, 0.1) is 10.1 Å². The minimum absolute atomic E-state index is 0.0182. The van der Waals surface area contributed by atoms with Gasteiger partial charge in [-0.25, -0.2) is 4.98 Å². The Labute approximate surface area is 186 Å². The van der Waals surface area contributed by atoms with Gasteiger partial charge in [0.1, 0.15) is 11.4 Å². The Kier molecular flexibility index (Phi) is 7.21. The highest BCUT2D eigenvalue weighted by Crippen LogP contribution is 2.41. The van der Waals surface area contributed by atoms with Crippen molar-refractivity contribution in [1.82, 2.24) is 4.98 Å². The predicted octanol–water partition coefficient (Wildman–Crippen LogP) is 7.07. The molecule has 3 aromatic rings. The number of azo groups is 1. The van der Waals surface area contributed by atoms with Crippen molar-refractivity contribution in [2.75, 3.05) is 18.0 Å². The smallest absolute Gasteiger partial charge is 0.270 e. The van der Waals surface area contributed by atoms with Crippen LogP contribution in [-0.4, -0.2) is 23.0 Å². The molecule has 0 aliphatic carbocycles. The predicted molar refractivity (Wildman–Crippen MR) is 125 cm³/mol. The molecule has 30 heavy (non-hydrogen) atoms. The van der Waals surface area contributed by atoms with Crippen LogP contribution in [-0.2, 0) is 0 Å². The van der Waals surface area contributed by atoms with Gasteiger partial charge in [0.05, 0.1) is 9.40 Å². The van der Waals surface area contributed by atoms with Crippen molar-refractivity contribution in [3.8, 4) is 11.3 Å². The third-order valence-corrected chi connectivity index (χ3v) is 5.64. The lowest BCUT2D eigenvalue weighted by atomic mass is 10.2. The molecule has 0 unspecified atom stereocenters. The number of benzene rings is 2. The van der Waals surface area contributed by atoms with E-state index in [-0.39, 0.29) is 5.69 Å². The minimum Gasteiger partial charge on any atom is -0.341 e. The van der Waals surface area contributed by atoms with Crippen LogP contribution in [0.2, 0.25) is 0 Å². The maximum absolute atomic E-state index is 10.9. The van der Waals surface area contributed by atoms with E-state index in [1.807, 2.05) is 47.4 Å². The summed E-state index contributed by atoms with van der Waals surface area (Å²) < 4.78 is 0.492. The molecule has 0 saturated heterocycles. The lowest BCUT2D eigenvalue weighted by Crippen LogP contribution is -2.22. The fourth-order valence-electron chi connectivity index (χ4n) is 2.62. The van der Waals surface area contributed by atoms with E-state index in [4.69, 9.17) is 4.98 Å². The van der Waals surface area contributed by atoms with E-state index in [2.05, 4.69) is 39.3 Å². The molecule has 0 amide bonds. The van der Waals surface area contributed by atoms with E-state index in [9.17, 15) is 10.1 Å². The van der Waals surface area contributed by atoms with Crippen LogP contribution in [0.4, 0.5) is 21.5 Å². The van der Waals surface area contributed by atoms with Gasteiger partial charge in [0.15, 0.2) is 10.1 Å². The van der Waals surface area contributed by atoms with E-state index in [1.165, 1.54) is 23.5 Å². The third-order valence-electron chi connectivity index (χ3n) is 4.01. The van der Waals surface area contributed by atoms with Gasteiger partial charge in [0.2, 0.25) is 0 Å². The number of rotatable bonds is 9. The highest BCUT2D eigenvalue weighted by atomic mass is 79.9. The van der Waals surface area contributed by atoms with Crippen molar-refractivity contribution < 1.29 is 4.92 Å². The van der Waals surface area contributed by atoms with Crippen molar-refractivity contribution in [3.05, 3.63) is 88.4 Å². The normalized spacial score (nSPS) is 10.8. The second-order valence-corrected chi connectivity index (χ2v) is 7.90. The Bertz CT molecular complexity index is 1090. The highest BCUT2D eigenvalue weighted by molar-refractivity contribution is 9.10. The lowest BCUT2D eigenvalue weighted by molar-refractivity contribution is -0.384. The second-order valence-electron chi connectivity index (χ2n) is 6.09. The quantitative estimate of drug-likeness (QED) is 0.141. The van der Waals surface area contributed by atoms with Crippen molar-refractivity contribution in [1.29, 1.82) is 0 Å². The number of hydrogen-bond acceptors (Lipinski definition) is 7. The second kappa shape index (κ2) is 10.0. The van der Waals surface area contributed by atoms with Crippen LogP contribution in [0.15, 0.2) is 88.5 Å². The summed E-state index contributed by atoms with van der Waals surface area (Å²) >= 11 is 4.73. The third kappa shape index (κ3) is 5.05. The lowest BCUT2D eigenvalue weighted by Gasteiger charge is -2.17. The number of nitro groups is 1. The van der Waals surface area contributed by atoms with E-state index in [0.717, 1.165) is 16.4 Å². The molecule has 152 valence electrons. The van der Waals surface area contributed by atoms with E-state index < -0.39 is 4.92 Å². The first kappa shape index (κ1) is 21.5. The van der Waals surface area contributed by atoms with Gasteiger partial charge in [0, 0.05) is 30.8 Å². The number of nitrogens with zero attached hydrogens (tertiary/aromatic N) is 5. The van der Waals surface area contributed by atoms with Crippen molar-refractivity contribution in [3.63, 3.8) is 0 Å². The van der Waals surface area contributed by atoms with E-state index >= 15 is 0 Å². The van der Waals surface area contributed by atoms with Gasteiger partial charge in [-0.05, 0) is 22.0 Å². The molecule has 0 saturated carbocycles. The number of aromatic nitrogens is 1. The highest BCUT2D eigenvalue weighted by Gasteiger charge is 2.17. The van der Waals surface area contributed by atoms with Gasteiger partial charge in [-0.2, -0.15) is 0 Å². The van der Waals surface area contributed by atoms with E-state index in [0.29, 0.717) is 28.3 Å². The maximum Gasteiger partial charge on any atom is 0.270 e. The van der Waals surface area contributed by atoms with Crippen molar-refractivity contribution in [2.24, 2.45) is 10.2 Å². The average Bonchev–Trinajstić information content (AvgIpc) is 3.17. The molecule has 1 heterocycles. The van der Waals surface area contributed by atoms with Crippen LogP contribution < -0.4 is 4.90 Å². The molecule has 0 radical (unpaired) electrons. The van der Waals surface area contributed by atoms with Crippen molar-refractivity contribution >= 4 is 48.8 Å².